The molecule has 0 bridgehead atoms. The van der Waals surface area contributed by atoms with Gasteiger partial charge >= 0.3 is 0 Å². The Morgan fingerprint density at radius 2 is 1.71 bits per heavy atom. The summed E-state index contributed by atoms with van der Waals surface area (Å²) in [6.07, 6.45) is 0.706. The topological polar surface area (TPSA) is 74.3 Å². The van der Waals surface area contributed by atoms with Gasteiger partial charge in [-0.05, 0) is 42.5 Å². The third-order valence-corrected chi connectivity index (χ3v) is 6.84. The number of nitrogens with zero attached hydrogens (tertiary/aromatic N) is 2. The van der Waals surface area contributed by atoms with Crippen molar-refractivity contribution in [2.75, 3.05) is 39.8 Å². The first-order valence-electron chi connectivity index (χ1n) is 12.3. The highest BCUT2D eigenvalue weighted by atomic mass is 16.5. The number of aliphatic hydroxyl groups is 1. The first-order chi connectivity index (χ1) is 16.6. The van der Waals surface area contributed by atoms with Crippen LogP contribution in [0.3, 0.4) is 0 Å². The second-order valence-corrected chi connectivity index (χ2v) is 9.28. The summed E-state index contributed by atoms with van der Waals surface area (Å²) in [6, 6.07) is 18.2. The third kappa shape index (κ3) is 7.03. The van der Waals surface area contributed by atoms with Crippen LogP contribution in [0.25, 0.3) is 0 Å². The molecule has 0 saturated carbocycles. The lowest BCUT2D eigenvalue weighted by molar-refractivity contribution is -0.158. The molecule has 2 saturated heterocycles. The van der Waals surface area contributed by atoms with Gasteiger partial charge in [0.25, 0.3) is 5.91 Å². The van der Waals surface area contributed by atoms with Gasteiger partial charge in [0.05, 0.1) is 19.3 Å². The maximum absolute atomic E-state index is 12.7. The van der Waals surface area contributed by atoms with Gasteiger partial charge in [-0.2, -0.15) is 0 Å². The molecular formula is C27H37N3O4. The summed E-state index contributed by atoms with van der Waals surface area (Å²) in [7, 11) is 1.63. The first-order valence-corrected chi connectivity index (χ1v) is 12.3. The molecule has 2 aliphatic heterocycles. The van der Waals surface area contributed by atoms with E-state index in [1.807, 2.05) is 24.3 Å². The summed E-state index contributed by atoms with van der Waals surface area (Å²) >= 11 is 0. The van der Waals surface area contributed by atoms with E-state index in [9.17, 15) is 9.90 Å². The summed E-state index contributed by atoms with van der Waals surface area (Å²) in [5, 5.41) is 13.3. The Hall–Kier alpha value is -2.45. The van der Waals surface area contributed by atoms with Crippen LogP contribution >= 0.6 is 0 Å². The minimum absolute atomic E-state index is 0.00230. The SMILES string of the molecule is COc1ccc(CNC(=O)[C@@H]2O[C@H](CCN3CCN(Cc4ccccc4)CC3)CC[C@@H]2O)cc1. The van der Waals surface area contributed by atoms with Crippen molar-refractivity contribution in [1.29, 1.82) is 0 Å². The number of amides is 1. The van der Waals surface area contributed by atoms with Gasteiger partial charge < -0.3 is 24.8 Å². The Morgan fingerprint density at radius 3 is 2.41 bits per heavy atom. The lowest BCUT2D eigenvalue weighted by Crippen LogP contribution is -2.50. The monoisotopic (exact) mass is 467 g/mol. The first kappa shape index (κ1) is 24.7. The van der Waals surface area contributed by atoms with Crippen molar-refractivity contribution >= 4 is 5.91 Å². The summed E-state index contributed by atoms with van der Waals surface area (Å²) in [4.78, 5) is 17.7. The van der Waals surface area contributed by atoms with Crippen molar-refractivity contribution in [3.05, 3.63) is 65.7 Å². The van der Waals surface area contributed by atoms with Crippen molar-refractivity contribution in [2.45, 2.75) is 50.7 Å². The lowest BCUT2D eigenvalue weighted by atomic mass is 9.98. The van der Waals surface area contributed by atoms with Gasteiger partial charge in [0.15, 0.2) is 6.10 Å². The predicted molar refractivity (Wildman–Crippen MR) is 132 cm³/mol. The van der Waals surface area contributed by atoms with E-state index in [-0.39, 0.29) is 12.0 Å². The predicted octanol–water partition coefficient (Wildman–Crippen LogP) is 2.43. The Bertz CT molecular complexity index is 885. The molecule has 2 aromatic carbocycles. The van der Waals surface area contributed by atoms with Crippen molar-refractivity contribution in [3.8, 4) is 5.75 Å². The molecule has 4 rings (SSSR count). The Kier molecular flexibility index (Phi) is 8.93. The summed E-state index contributed by atoms with van der Waals surface area (Å²) < 4.78 is 11.2. The van der Waals surface area contributed by atoms with Crippen LogP contribution < -0.4 is 10.1 Å². The standard InChI is InChI=1S/C27H37N3O4/c1-33-23-9-7-21(8-10-23)19-28-27(32)26-25(31)12-11-24(34-26)13-14-29-15-17-30(18-16-29)20-22-5-3-2-4-6-22/h2-10,24-26,31H,11-20H2,1H3,(H,28,32)/t24-,25-,26+/m0/s1. The van der Waals surface area contributed by atoms with E-state index in [0.29, 0.717) is 13.0 Å². The van der Waals surface area contributed by atoms with E-state index in [1.54, 1.807) is 7.11 Å². The number of aliphatic hydroxyl groups excluding tert-OH is 1. The molecule has 1 amide bonds. The third-order valence-electron chi connectivity index (χ3n) is 6.84. The number of methoxy groups -OCH3 is 1. The van der Waals surface area contributed by atoms with E-state index >= 15 is 0 Å². The molecular weight excluding hydrogens is 430 g/mol. The summed E-state index contributed by atoms with van der Waals surface area (Å²) in [5.41, 5.74) is 2.34. The van der Waals surface area contributed by atoms with Gasteiger partial charge in [-0.3, -0.25) is 9.69 Å². The zero-order valence-corrected chi connectivity index (χ0v) is 20.1. The Morgan fingerprint density at radius 1 is 1.00 bits per heavy atom. The lowest BCUT2D eigenvalue weighted by Gasteiger charge is -2.37. The zero-order chi connectivity index (χ0) is 23.8. The van der Waals surface area contributed by atoms with Crippen LogP contribution in [0.1, 0.15) is 30.4 Å². The van der Waals surface area contributed by atoms with E-state index in [2.05, 4.69) is 45.4 Å². The quantitative estimate of drug-likeness (QED) is 0.590. The van der Waals surface area contributed by atoms with Crippen LogP contribution in [0, 0.1) is 0 Å². The smallest absolute Gasteiger partial charge is 0.252 e. The number of ether oxygens (including phenoxy) is 2. The van der Waals surface area contributed by atoms with E-state index < -0.39 is 12.2 Å². The normalized spacial score (nSPS) is 24.0. The summed E-state index contributed by atoms with van der Waals surface area (Å²) in [6.45, 7) is 6.59. The van der Waals surface area contributed by atoms with Crippen LogP contribution in [0.4, 0.5) is 0 Å². The number of carbonyl (C=O) groups is 1. The second-order valence-electron chi connectivity index (χ2n) is 9.28. The molecule has 34 heavy (non-hydrogen) atoms. The molecule has 2 N–H and O–H groups in total. The summed E-state index contributed by atoms with van der Waals surface area (Å²) in [5.74, 6) is 0.532. The fraction of sp³-hybridized carbons (Fsp3) is 0.519. The van der Waals surface area contributed by atoms with Crippen LogP contribution in [-0.2, 0) is 22.6 Å². The number of nitrogens with one attached hydrogen (secondary N) is 1. The molecule has 2 aliphatic rings. The molecule has 2 heterocycles. The van der Waals surface area contributed by atoms with Gasteiger partial charge in [-0.25, -0.2) is 0 Å². The molecule has 2 aromatic rings. The van der Waals surface area contributed by atoms with Crippen LogP contribution in [0.15, 0.2) is 54.6 Å². The largest absolute Gasteiger partial charge is 0.497 e. The molecule has 0 aliphatic carbocycles. The second kappa shape index (κ2) is 12.3. The number of rotatable bonds is 9. The molecule has 0 spiro atoms. The average molecular weight is 468 g/mol. The number of benzene rings is 2. The minimum Gasteiger partial charge on any atom is -0.497 e. The Balaban J connectivity index is 1.17. The molecule has 0 radical (unpaired) electrons. The molecule has 2 fully saturated rings. The fourth-order valence-electron chi connectivity index (χ4n) is 4.70. The molecule has 7 nitrogen and oxygen atoms in total. The number of carbonyl (C=O) groups excluding carboxylic acids is 1. The van der Waals surface area contributed by atoms with Crippen LogP contribution in [0.2, 0.25) is 0 Å². The average Bonchev–Trinajstić information content (AvgIpc) is 2.88. The van der Waals surface area contributed by atoms with E-state index in [4.69, 9.17) is 9.47 Å². The Labute approximate surface area is 202 Å². The maximum Gasteiger partial charge on any atom is 0.252 e. The van der Waals surface area contributed by atoms with Crippen LogP contribution in [0.5, 0.6) is 5.75 Å². The van der Waals surface area contributed by atoms with E-state index in [0.717, 1.165) is 63.4 Å². The van der Waals surface area contributed by atoms with Crippen molar-refractivity contribution in [1.82, 2.24) is 15.1 Å². The number of piperazine rings is 1. The van der Waals surface area contributed by atoms with Crippen molar-refractivity contribution in [3.63, 3.8) is 0 Å². The molecule has 0 unspecified atom stereocenters. The molecule has 3 atom stereocenters. The van der Waals surface area contributed by atoms with E-state index in [1.165, 1.54) is 5.56 Å². The van der Waals surface area contributed by atoms with Gasteiger partial charge in [-0.15, -0.1) is 0 Å². The van der Waals surface area contributed by atoms with Gasteiger partial charge in [0.2, 0.25) is 0 Å². The van der Waals surface area contributed by atoms with Gasteiger partial charge in [-0.1, -0.05) is 42.5 Å². The maximum atomic E-state index is 12.7. The minimum atomic E-state index is -0.806. The molecule has 7 heteroatoms. The highest BCUT2D eigenvalue weighted by Gasteiger charge is 2.35. The molecule has 184 valence electrons. The highest BCUT2D eigenvalue weighted by Crippen LogP contribution is 2.23. The van der Waals surface area contributed by atoms with Crippen LogP contribution in [-0.4, -0.2) is 79.0 Å². The van der Waals surface area contributed by atoms with Crippen molar-refractivity contribution in [2.24, 2.45) is 0 Å². The highest BCUT2D eigenvalue weighted by molar-refractivity contribution is 5.81. The van der Waals surface area contributed by atoms with Crippen molar-refractivity contribution < 1.29 is 19.4 Å². The molecule has 0 aromatic heterocycles. The zero-order valence-electron chi connectivity index (χ0n) is 20.1. The number of hydrogen-bond acceptors (Lipinski definition) is 6. The number of hydrogen-bond donors (Lipinski definition) is 2. The van der Waals surface area contributed by atoms with Gasteiger partial charge in [0.1, 0.15) is 5.75 Å². The fourth-order valence-corrected chi connectivity index (χ4v) is 4.70. The van der Waals surface area contributed by atoms with Gasteiger partial charge in [0, 0.05) is 45.8 Å².